The van der Waals surface area contributed by atoms with Crippen molar-refractivity contribution in [1.82, 2.24) is 14.8 Å². The van der Waals surface area contributed by atoms with Crippen LogP contribution in [0.5, 0.6) is 11.5 Å². The van der Waals surface area contributed by atoms with Crippen LogP contribution in [0.2, 0.25) is 10.0 Å². The van der Waals surface area contributed by atoms with Gasteiger partial charge in [0, 0.05) is 10.6 Å². The summed E-state index contributed by atoms with van der Waals surface area (Å²) in [6, 6.07) is 12.7. The molecular weight excluding hydrogens is 397 g/mol. The Morgan fingerprint density at radius 1 is 1.14 bits per heavy atom. The average molecular weight is 418 g/mol. The molecule has 0 radical (unpaired) electrons. The fourth-order valence-corrected chi connectivity index (χ4v) is 3.44. The Balaban J connectivity index is 1.90. The van der Waals surface area contributed by atoms with Gasteiger partial charge in [0.2, 0.25) is 0 Å². The van der Waals surface area contributed by atoms with Gasteiger partial charge in [-0.05, 0) is 42.8 Å². The molecule has 0 aliphatic carbocycles. The Bertz CT molecular complexity index is 914. The third-order valence-corrected chi connectivity index (χ3v) is 4.98. The highest BCUT2D eigenvalue weighted by Gasteiger charge is 2.34. The molecular formula is C21H21Cl2N3O2. The van der Waals surface area contributed by atoms with Gasteiger partial charge >= 0.3 is 0 Å². The molecule has 7 heteroatoms. The predicted molar refractivity (Wildman–Crippen MR) is 111 cm³/mol. The van der Waals surface area contributed by atoms with Crippen LogP contribution in [0.3, 0.4) is 0 Å². The molecule has 0 aliphatic rings. The van der Waals surface area contributed by atoms with Gasteiger partial charge in [-0.25, -0.2) is 9.67 Å². The first-order chi connectivity index (χ1) is 13.6. The summed E-state index contributed by atoms with van der Waals surface area (Å²) >= 11 is 12.6. The van der Waals surface area contributed by atoms with Crippen molar-refractivity contribution in [3.8, 4) is 11.5 Å². The van der Waals surface area contributed by atoms with Gasteiger partial charge in [-0.2, -0.15) is 5.10 Å². The van der Waals surface area contributed by atoms with E-state index in [0.717, 1.165) is 5.56 Å². The lowest BCUT2D eigenvalue weighted by Gasteiger charge is -2.34. The second-order valence-corrected chi connectivity index (χ2v) is 7.08. The molecule has 1 unspecified atom stereocenters. The van der Waals surface area contributed by atoms with Crippen LogP contribution in [0.25, 0.3) is 0 Å². The zero-order chi connectivity index (χ0) is 20.0. The molecule has 0 N–H and O–H groups in total. The molecule has 3 rings (SSSR count). The molecule has 0 spiro atoms. The van der Waals surface area contributed by atoms with Gasteiger partial charge < -0.3 is 9.47 Å². The van der Waals surface area contributed by atoms with Crippen LogP contribution >= 0.6 is 23.2 Å². The minimum absolute atomic E-state index is 0.391. The van der Waals surface area contributed by atoms with Crippen molar-refractivity contribution in [2.75, 3.05) is 6.61 Å². The lowest BCUT2D eigenvalue weighted by molar-refractivity contribution is -0.0548. The number of hydrogen-bond acceptors (Lipinski definition) is 4. The molecule has 1 atom stereocenters. The zero-order valence-corrected chi connectivity index (χ0v) is 17.0. The Morgan fingerprint density at radius 3 is 2.50 bits per heavy atom. The molecule has 0 bridgehead atoms. The van der Waals surface area contributed by atoms with Gasteiger partial charge in [-0.1, -0.05) is 42.3 Å². The van der Waals surface area contributed by atoms with Gasteiger partial charge in [0.15, 0.2) is 0 Å². The van der Waals surface area contributed by atoms with Crippen LogP contribution in [0.15, 0.2) is 67.8 Å². The van der Waals surface area contributed by atoms with Crippen molar-refractivity contribution in [2.24, 2.45) is 0 Å². The molecule has 28 heavy (non-hydrogen) atoms. The summed E-state index contributed by atoms with van der Waals surface area (Å²) in [6.07, 6.45) is 5.57. The minimum atomic E-state index is -0.669. The maximum Gasteiger partial charge on any atom is 0.137 e. The number of halogens is 2. The average Bonchev–Trinajstić information content (AvgIpc) is 3.20. The molecule has 0 saturated carbocycles. The highest BCUT2D eigenvalue weighted by molar-refractivity contribution is 6.31. The predicted octanol–water partition coefficient (Wildman–Crippen LogP) is 5.89. The number of nitrogens with zero attached hydrogens (tertiary/aromatic N) is 3. The van der Waals surface area contributed by atoms with Crippen LogP contribution < -0.4 is 4.74 Å². The topological polar surface area (TPSA) is 49.2 Å². The van der Waals surface area contributed by atoms with Gasteiger partial charge in [0.25, 0.3) is 0 Å². The summed E-state index contributed by atoms with van der Waals surface area (Å²) in [5.74, 6) is 1.31. The van der Waals surface area contributed by atoms with E-state index >= 15 is 0 Å². The summed E-state index contributed by atoms with van der Waals surface area (Å²) in [6.45, 7) is 6.68. The van der Waals surface area contributed by atoms with E-state index in [-0.39, 0.29) is 0 Å². The maximum absolute atomic E-state index is 6.65. The first kappa shape index (κ1) is 20.4. The van der Waals surface area contributed by atoms with Crippen molar-refractivity contribution in [1.29, 1.82) is 0 Å². The van der Waals surface area contributed by atoms with E-state index in [2.05, 4.69) is 23.6 Å². The van der Waals surface area contributed by atoms with Crippen molar-refractivity contribution in [2.45, 2.75) is 25.5 Å². The smallest absolute Gasteiger partial charge is 0.137 e. The lowest BCUT2D eigenvalue weighted by atomic mass is 9.90. The summed E-state index contributed by atoms with van der Waals surface area (Å²) in [7, 11) is 0. The number of hydrogen-bond donors (Lipinski definition) is 0. The number of benzene rings is 2. The second-order valence-electron chi connectivity index (χ2n) is 6.24. The van der Waals surface area contributed by atoms with Crippen LogP contribution in [0.4, 0.5) is 0 Å². The first-order valence-electron chi connectivity index (χ1n) is 8.87. The second kappa shape index (κ2) is 9.24. The minimum Gasteiger partial charge on any atom is -0.457 e. The summed E-state index contributed by atoms with van der Waals surface area (Å²) < 4.78 is 13.8. The quantitative estimate of drug-likeness (QED) is 0.407. The van der Waals surface area contributed by atoms with Crippen LogP contribution in [-0.2, 0) is 16.9 Å². The van der Waals surface area contributed by atoms with E-state index in [0.29, 0.717) is 41.1 Å². The fourth-order valence-electron chi connectivity index (χ4n) is 2.97. The monoisotopic (exact) mass is 417 g/mol. The summed E-state index contributed by atoms with van der Waals surface area (Å²) in [4.78, 5) is 4.02. The highest BCUT2D eigenvalue weighted by Crippen LogP contribution is 2.38. The van der Waals surface area contributed by atoms with Crippen molar-refractivity contribution < 1.29 is 9.47 Å². The van der Waals surface area contributed by atoms with Crippen LogP contribution in [0, 0.1) is 0 Å². The van der Waals surface area contributed by atoms with E-state index in [1.165, 1.54) is 6.33 Å². The molecule has 3 aromatic rings. The Morgan fingerprint density at radius 2 is 1.89 bits per heavy atom. The van der Waals surface area contributed by atoms with Crippen molar-refractivity contribution in [3.63, 3.8) is 0 Å². The molecule has 0 aliphatic heterocycles. The Kier molecular flexibility index (Phi) is 6.73. The van der Waals surface area contributed by atoms with E-state index in [1.807, 2.05) is 12.1 Å². The zero-order valence-electron chi connectivity index (χ0n) is 15.5. The van der Waals surface area contributed by atoms with Crippen molar-refractivity contribution >= 4 is 23.2 Å². The molecule has 2 aromatic carbocycles. The number of aromatic nitrogens is 3. The number of ether oxygens (including phenoxy) is 2. The largest absolute Gasteiger partial charge is 0.457 e. The van der Waals surface area contributed by atoms with E-state index in [1.54, 1.807) is 47.4 Å². The standard InChI is InChI=1S/C21H21Cl2N3O2/c1-3-11-27-21(4-2,13-26-15-24-14-25-26)19-10-9-18(12-20(19)23)28-17-7-5-16(22)6-8-17/h3,5-10,12,14-15H,1,4,11,13H2,2H3. The fraction of sp³-hybridized carbons (Fsp3) is 0.238. The third-order valence-electron chi connectivity index (χ3n) is 4.41. The first-order valence-corrected chi connectivity index (χ1v) is 9.62. The van der Waals surface area contributed by atoms with E-state index in [4.69, 9.17) is 32.7 Å². The van der Waals surface area contributed by atoms with Gasteiger partial charge in [0.05, 0.1) is 18.2 Å². The molecule has 0 amide bonds. The molecule has 1 aromatic heterocycles. The van der Waals surface area contributed by atoms with Crippen LogP contribution in [-0.4, -0.2) is 21.4 Å². The molecule has 0 fully saturated rings. The summed E-state index contributed by atoms with van der Waals surface area (Å²) in [5.41, 5.74) is 0.190. The lowest BCUT2D eigenvalue weighted by Crippen LogP contribution is -2.35. The van der Waals surface area contributed by atoms with Crippen molar-refractivity contribution in [3.05, 3.63) is 83.4 Å². The van der Waals surface area contributed by atoms with Gasteiger partial charge in [-0.15, -0.1) is 6.58 Å². The maximum atomic E-state index is 6.65. The van der Waals surface area contributed by atoms with Gasteiger partial charge in [-0.3, -0.25) is 0 Å². The number of rotatable bonds is 9. The Labute approximate surface area is 174 Å². The van der Waals surface area contributed by atoms with E-state index in [9.17, 15) is 0 Å². The molecule has 5 nitrogen and oxygen atoms in total. The Hall–Kier alpha value is -2.34. The highest BCUT2D eigenvalue weighted by atomic mass is 35.5. The SMILES string of the molecule is C=CCOC(CC)(Cn1cncn1)c1ccc(Oc2ccc(Cl)cc2)cc1Cl. The summed E-state index contributed by atoms with van der Waals surface area (Å²) in [5, 5.41) is 5.42. The van der Waals surface area contributed by atoms with Gasteiger partial charge in [0.1, 0.15) is 29.8 Å². The normalized spacial score (nSPS) is 13.1. The molecule has 1 heterocycles. The molecule has 0 saturated heterocycles. The molecule has 146 valence electrons. The third kappa shape index (κ3) is 4.73. The van der Waals surface area contributed by atoms with E-state index < -0.39 is 5.60 Å². The van der Waals surface area contributed by atoms with Crippen LogP contribution in [0.1, 0.15) is 18.9 Å².